The van der Waals surface area contributed by atoms with Crippen molar-refractivity contribution in [1.82, 2.24) is 10.9 Å². The summed E-state index contributed by atoms with van der Waals surface area (Å²) in [4.78, 5) is 32.8. The zero-order valence-corrected chi connectivity index (χ0v) is 12.5. The van der Waals surface area contributed by atoms with Crippen LogP contribution in [0.15, 0.2) is 42.5 Å². The Kier molecular flexibility index (Phi) is 5.56. The van der Waals surface area contributed by atoms with Gasteiger partial charge in [0.15, 0.2) is 6.61 Å². The van der Waals surface area contributed by atoms with Crippen LogP contribution in [0.3, 0.4) is 0 Å². The smallest absolute Gasteiger partial charge is 0.305 e. The summed E-state index contributed by atoms with van der Waals surface area (Å²) in [5.74, 6) is -3.66. The lowest BCUT2D eigenvalue weighted by Gasteiger charge is -2.09. The number of hydrogen-bond acceptors (Lipinski definition) is 5. The van der Waals surface area contributed by atoms with Crippen molar-refractivity contribution < 1.29 is 28.0 Å². The highest BCUT2D eigenvalue weighted by Crippen LogP contribution is 2.22. The highest BCUT2D eigenvalue weighted by Gasteiger charge is 2.15. The van der Waals surface area contributed by atoms with Crippen LogP contribution < -0.4 is 15.6 Å². The molecule has 25 heavy (non-hydrogen) atoms. The van der Waals surface area contributed by atoms with Crippen molar-refractivity contribution in [3.05, 3.63) is 69.8 Å². The molecule has 2 amide bonds. The molecular weight excluding hydrogens is 340 g/mol. The molecule has 2 aromatic carbocycles. The number of nitrogens with one attached hydrogen (secondary N) is 2. The normalized spacial score (nSPS) is 10.0. The monoisotopic (exact) mass is 351 g/mol. The number of hydrogen-bond donors (Lipinski definition) is 2. The van der Waals surface area contributed by atoms with Crippen molar-refractivity contribution in [2.24, 2.45) is 0 Å². The minimum Gasteiger partial charge on any atom is -0.484 e. The number of carbonyl (C=O) groups is 2. The molecule has 0 unspecified atom stereocenters. The summed E-state index contributed by atoms with van der Waals surface area (Å²) in [6.07, 6.45) is 0. The van der Waals surface area contributed by atoms with Gasteiger partial charge in [0.05, 0.1) is 10.5 Å². The second-order valence-corrected chi connectivity index (χ2v) is 4.64. The number of nitro benzene ring substituents is 1. The van der Waals surface area contributed by atoms with Gasteiger partial charge in [-0.15, -0.1) is 0 Å². The molecule has 0 saturated heterocycles. The maximum absolute atomic E-state index is 13.4. The first-order valence-corrected chi connectivity index (χ1v) is 6.79. The van der Waals surface area contributed by atoms with Gasteiger partial charge in [0.25, 0.3) is 11.8 Å². The van der Waals surface area contributed by atoms with Gasteiger partial charge in [-0.3, -0.25) is 30.6 Å². The van der Waals surface area contributed by atoms with E-state index in [1.165, 1.54) is 18.2 Å². The van der Waals surface area contributed by atoms with Crippen LogP contribution in [0.5, 0.6) is 5.75 Å². The van der Waals surface area contributed by atoms with Gasteiger partial charge in [-0.2, -0.15) is 4.39 Å². The molecule has 0 aliphatic rings. The first kappa shape index (κ1) is 17.8. The molecule has 2 rings (SSSR count). The Hall–Kier alpha value is -3.56. The van der Waals surface area contributed by atoms with Gasteiger partial charge >= 0.3 is 5.69 Å². The molecule has 8 nitrogen and oxygen atoms in total. The quantitative estimate of drug-likeness (QED) is 0.629. The van der Waals surface area contributed by atoms with E-state index in [4.69, 9.17) is 4.74 Å². The average molecular weight is 351 g/mol. The molecule has 0 atom stereocenters. The largest absolute Gasteiger partial charge is 0.484 e. The SMILES string of the molecule is O=C(COc1ccc([N+](=O)[O-])c(F)c1)NNC(=O)c1ccccc1F. The second kappa shape index (κ2) is 7.81. The Labute approximate surface area is 139 Å². The molecule has 0 aliphatic heterocycles. The van der Waals surface area contributed by atoms with Crippen LogP contribution >= 0.6 is 0 Å². The van der Waals surface area contributed by atoms with E-state index in [0.29, 0.717) is 0 Å². The van der Waals surface area contributed by atoms with Gasteiger partial charge in [0.1, 0.15) is 11.6 Å². The fraction of sp³-hybridized carbons (Fsp3) is 0.0667. The molecule has 0 bridgehead atoms. The van der Waals surface area contributed by atoms with E-state index in [-0.39, 0.29) is 11.3 Å². The molecule has 0 heterocycles. The molecular formula is C15H11F2N3O5. The van der Waals surface area contributed by atoms with Crippen LogP contribution in [0.4, 0.5) is 14.5 Å². The number of nitrogens with zero attached hydrogens (tertiary/aromatic N) is 1. The van der Waals surface area contributed by atoms with Gasteiger partial charge in [-0.05, 0) is 18.2 Å². The predicted octanol–water partition coefficient (Wildman–Crippen LogP) is 1.71. The fourth-order valence-corrected chi connectivity index (χ4v) is 1.75. The molecule has 130 valence electrons. The third kappa shape index (κ3) is 4.70. The maximum atomic E-state index is 13.4. The Balaban J connectivity index is 1.85. The lowest BCUT2D eigenvalue weighted by molar-refractivity contribution is -0.387. The van der Waals surface area contributed by atoms with Gasteiger partial charge < -0.3 is 4.74 Å². The zero-order valence-electron chi connectivity index (χ0n) is 12.5. The van der Waals surface area contributed by atoms with Gasteiger partial charge in [0.2, 0.25) is 5.82 Å². The molecule has 0 aliphatic carbocycles. The van der Waals surface area contributed by atoms with Crippen molar-refractivity contribution in [2.45, 2.75) is 0 Å². The van der Waals surface area contributed by atoms with E-state index in [0.717, 1.165) is 24.3 Å². The number of benzene rings is 2. The number of rotatable bonds is 5. The van der Waals surface area contributed by atoms with Gasteiger partial charge in [-0.25, -0.2) is 4.39 Å². The standard InChI is InChI=1S/C15H11F2N3O5/c16-11-4-2-1-3-10(11)15(22)19-18-14(21)8-25-9-5-6-13(20(23)24)12(17)7-9/h1-7H,8H2,(H,18,21)(H,19,22). The first-order chi connectivity index (χ1) is 11.9. The molecule has 0 radical (unpaired) electrons. The molecule has 0 spiro atoms. The second-order valence-electron chi connectivity index (χ2n) is 4.64. The Morgan fingerprint density at radius 1 is 1.08 bits per heavy atom. The van der Waals surface area contributed by atoms with Crippen LogP contribution in [0.1, 0.15) is 10.4 Å². The Morgan fingerprint density at radius 2 is 1.80 bits per heavy atom. The summed E-state index contributed by atoms with van der Waals surface area (Å²) in [6, 6.07) is 7.93. The maximum Gasteiger partial charge on any atom is 0.305 e. The van der Waals surface area contributed by atoms with E-state index in [9.17, 15) is 28.5 Å². The van der Waals surface area contributed by atoms with E-state index < -0.39 is 40.7 Å². The first-order valence-electron chi connectivity index (χ1n) is 6.79. The predicted molar refractivity (Wildman–Crippen MR) is 80.6 cm³/mol. The third-order valence-corrected chi connectivity index (χ3v) is 2.92. The molecule has 10 heteroatoms. The van der Waals surface area contributed by atoms with E-state index in [1.54, 1.807) is 0 Å². The van der Waals surface area contributed by atoms with Crippen molar-refractivity contribution in [3.8, 4) is 5.75 Å². The number of hydrazine groups is 1. The number of nitro groups is 1. The Morgan fingerprint density at radius 3 is 2.44 bits per heavy atom. The average Bonchev–Trinajstić information content (AvgIpc) is 2.58. The number of carbonyl (C=O) groups excluding carboxylic acids is 2. The van der Waals surface area contributed by atoms with Crippen molar-refractivity contribution in [3.63, 3.8) is 0 Å². The molecule has 0 fully saturated rings. The van der Waals surface area contributed by atoms with Crippen LogP contribution in [-0.4, -0.2) is 23.3 Å². The topological polar surface area (TPSA) is 111 Å². The zero-order chi connectivity index (χ0) is 18.4. The molecule has 2 aromatic rings. The summed E-state index contributed by atoms with van der Waals surface area (Å²) in [5, 5.41) is 10.5. The van der Waals surface area contributed by atoms with Gasteiger partial charge in [-0.1, -0.05) is 12.1 Å². The van der Waals surface area contributed by atoms with Crippen molar-refractivity contribution in [2.75, 3.05) is 6.61 Å². The van der Waals surface area contributed by atoms with Crippen LogP contribution in [0.25, 0.3) is 0 Å². The van der Waals surface area contributed by atoms with Crippen molar-refractivity contribution in [1.29, 1.82) is 0 Å². The minimum atomic E-state index is -1.12. The van der Waals surface area contributed by atoms with Crippen molar-refractivity contribution >= 4 is 17.5 Å². The highest BCUT2D eigenvalue weighted by atomic mass is 19.1. The Bertz CT molecular complexity index is 829. The molecule has 2 N–H and O–H groups in total. The highest BCUT2D eigenvalue weighted by molar-refractivity contribution is 5.95. The summed E-state index contributed by atoms with van der Waals surface area (Å²) in [6.45, 7) is -0.602. The lowest BCUT2D eigenvalue weighted by Crippen LogP contribution is -2.44. The summed E-state index contributed by atoms with van der Waals surface area (Å²) in [7, 11) is 0. The van der Waals surface area contributed by atoms with E-state index in [1.807, 2.05) is 10.9 Å². The van der Waals surface area contributed by atoms with Crippen LogP contribution in [0.2, 0.25) is 0 Å². The number of amides is 2. The lowest BCUT2D eigenvalue weighted by atomic mass is 10.2. The van der Waals surface area contributed by atoms with E-state index in [2.05, 4.69) is 0 Å². The summed E-state index contributed by atoms with van der Waals surface area (Å²) in [5.41, 5.74) is 2.99. The number of halogens is 2. The van der Waals surface area contributed by atoms with Crippen LogP contribution in [0, 0.1) is 21.7 Å². The molecule has 0 saturated carbocycles. The molecule has 0 aromatic heterocycles. The van der Waals surface area contributed by atoms with E-state index >= 15 is 0 Å². The van der Waals surface area contributed by atoms with Gasteiger partial charge in [0, 0.05) is 12.1 Å². The minimum absolute atomic E-state index is 0.112. The third-order valence-electron chi connectivity index (χ3n) is 2.92. The summed E-state index contributed by atoms with van der Waals surface area (Å²) < 4.78 is 31.7. The summed E-state index contributed by atoms with van der Waals surface area (Å²) >= 11 is 0. The fourth-order valence-electron chi connectivity index (χ4n) is 1.75. The number of ether oxygens (including phenoxy) is 1. The van der Waals surface area contributed by atoms with Crippen LogP contribution in [-0.2, 0) is 4.79 Å².